The van der Waals surface area contributed by atoms with E-state index in [1.54, 1.807) is 0 Å². The third-order valence-electron chi connectivity index (χ3n) is 9.59. The number of hydrogen-bond donors (Lipinski definition) is 2. The van der Waals surface area contributed by atoms with Gasteiger partial charge in [-0.25, -0.2) is 13.6 Å². The summed E-state index contributed by atoms with van der Waals surface area (Å²) < 4.78 is 28.1. The summed E-state index contributed by atoms with van der Waals surface area (Å²) in [6.45, 7) is 6.96. The van der Waals surface area contributed by atoms with Gasteiger partial charge < -0.3 is 19.9 Å². The molecule has 9 nitrogen and oxygen atoms in total. The van der Waals surface area contributed by atoms with E-state index in [9.17, 15) is 13.2 Å². The molecule has 3 aliphatic rings. The van der Waals surface area contributed by atoms with Crippen LogP contribution in [0.1, 0.15) is 55.8 Å². The van der Waals surface area contributed by atoms with Crippen LogP contribution in [0.25, 0.3) is 0 Å². The Hall–Kier alpha value is -2.74. The summed E-state index contributed by atoms with van der Waals surface area (Å²) in [5, 5.41) is 7.98. The number of piperidine rings is 1. The van der Waals surface area contributed by atoms with Crippen molar-refractivity contribution in [2.45, 2.75) is 77.1 Å². The van der Waals surface area contributed by atoms with E-state index in [0.29, 0.717) is 18.3 Å². The molecular formula is C36H49N5O4S3. The molecule has 3 aromatic rings. The predicted octanol–water partition coefficient (Wildman–Crippen LogP) is 6.44. The predicted molar refractivity (Wildman–Crippen MR) is 198 cm³/mol. The molecular weight excluding hydrogens is 663 g/mol. The lowest BCUT2D eigenvalue weighted by atomic mass is 9.99. The Labute approximate surface area is 295 Å². The molecule has 2 fully saturated rings. The number of sulfonamides is 1. The number of thioether (sulfide) groups is 1. The summed E-state index contributed by atoms with van der Waals surface area (Å²) in [6.07, 6.45) is 9.65. The van der Waals surface area contributed by atoms with Crippen LogP contribution in [0.15, 0.2) is 80.2 Å². The first-order chi connectivity index (χ1) is 23.1. The summed E-state index contributed by atoms with van der Waals surface area (Å²) in [7, 11) is -0.147. The van der Waals surface area contributed by atoms with Crippen LogP contribution in [0.3, 0.4) is 0 Å². The fourth-order valence-electron chi connectivity index (χ4n) is 6.85. The monoisotopic (exact) mass is 711 g/mol. The molecule has 2 saturated heterocycles. The maximum atomic E-state index is 12.4. The molecule has 3 N–H and O–H groups in total. The lowest BCUT2D eigenvalue weighted by Gasteiger charge is -2.37. The molecule has 3 aliphatic heterocycles. The number of fused-ring (bicyclic) bond motifs is 2. The maximum Gasteiger partial charge on any atom is 0.255 e. The number of likely N-dealkylation sites (N-methyl/N-ethyl adjacent to an activating group) is 1. The number of nitrogens with zero attached hydrogens (tertiary/aromatic N) is 3. The number of ether oxygens (including phenoxy) is 1. The zero-order valence-corrected chi connectivity index (χ0v) is 30.9. The largest absolute Gasteiger partial charge is 0.496 e. The van der Waals surface area contributed by atoms with Crippen LogP contribution in [0.2, 0.25) is 0 Å². The van der Waals surface area contributed by atoms with Crippen molar-refractivity contribution in [2.75, 3.05) is 58.0 Å². The Balaban J connectivity index is 0.000000189. The zero-order valence-electron chi connectivity index (χ0n) is 28.5. The van der Waals surface area contributed by atoms with Gasteiger partial charge in [0.25, 0.3) is 5.91 Å². The standard InChI is InChI=1S/C21H26N2S2.C15H23N3O4S/c1-22-13-6-5-7-16(22)12-14-23-18-8-3-4-9-20(18)25-21-11-10-17(24-2)15-19(21)23;1-3-18-8-4-5-11(18)10-17-15(19)13-9-12(23(16,20)21)6-7-14(13)22-2/h3-4,8-11,15-16H,5-7,12-14H2,1-2H3;6-7,9,11H,3-5,8,10H2,1-2H3,(H,17,19)(H2,16,20,21). The van der Waals surface area contributed by atoms with Crippen molar-refractivity contribution in [2.24, 2.45) is 5.14 Å². The van der Waals surface area contributed by atoms with Gasteiger partial charge in [0.2, 0.25) is 10.0 Å². The van der Waals surface area contributed by atoms with Crippen molar-refractivity contribution in [1.29, 1.82) is 0 Å². The van der Waals surface area contributed by atoms with Crippen LogP contribution in [0.4, 0.5) is 11.4 Å². The first-order valence-corrected chi connectivity index (χ1v) is 20.4. The zero-order chi connectivity index (χ0) is 34.3. The van der Waals surface area contributed by atoms with Gasteiger partial charge in [0, 0.05) is 39.9 Å². The van der Waals surface area contributed by atoms with Gasteiger partial charge in [-0.05, 0) is 114 Å². The number of nitrogens with one attached hydrogen (secondary N) is 1. The van der Waals surface area contributed by atoms with E-state index in [-0.39, 0.29) is 16.4 Å². The molecule has 260 valence electrons. The number of primary sulfonamides is 1. The van der Waals surface area contributed by atoms with Gasteiger partial charge in [-0.3, -0.25) is 9.69 Å². The minimum absolute atomic E-state index is 0.112. The molecule has 12 heteroatoms. The highest BCUT2D eigenvalue weighted by molar-refractivity contribution is 8.00. The molecule has 6 rings (SSSR count). The van der Waals surface area contributed by atoms with E-state index >= 15 is 0 Å². The van der Waals surface area contributed by atoms with Crippen molar-refractivity contribution in [3.63, 3.8) is 0 Å². The lowest BCUT2D eigenvalue weighted by molar-refractivity contribution is 0.0938. The molecule has 0 bridgehead atoms. The second-order valence-electron chi connectivity index (χ2n) is 12.5. The highest BCUT2D eigenvalue weighted by Crippen LogP contribution is 2.49. The average molecular weight is 712 g/mol. The van der Waals surface area contributed by atoms with Crippen LogP contribution in [-0.4, -0.2) is 89.3 Å². The van der Waals surface area contributed by atoms with Crippen molar-refractivity contribution < 1.29 is 17.9 Å². The van der Waals surface area contributed by atoms with Crippen LogP contribution < -0.4 is 20.1 Å². The smallest absolute Gasteiger partial charge is 0.255 e. The highest BCUT2D eigenvalue weighted by Gasteiger charge is 2.27. The van der Waals surface area contributed by atoms with Crippen molar-refractivity contribution in [3.8, 4) is 5.75 Å². The van der Waals surface area contributed by atoms with Gasteiger partial charge >= 0.3 is 0 Å². The van der Waals surface area contributed by atoms with Gasteiger partial charge in [0.1, 0.15) is 5.75 Å². The van der Waals surface area contributed by atoms with E-state index in [1.165, 1.54) is 83.6 Å². The lowest BCUT2D eigenvalue weighted by Crippen LogP contribution is -2.40. The number of carbonyl (C=O) groups excluding carboxylic acids is 1. The number of likely N-dealkylation sites (tertiary alicyclic amines) is 2. The molecule has 2 atom stereocenters. The minimum atomic E-state index is -3.87. The van der Waals surface area contributed by atoms with Gasteiger partial charge in [0.15, 0.2) is 0 Å². The number of amides is 1. The van der Waals surface area contributed by atoms with Crippen LogP contribution >= 0.6 is 23.5 Å². The van der Waals surface area contributed by atoms with E-state index < -0.39 is 10.0 Å². The normalized spacial score (nSPS) is 19.6. The molecule has 0 aromatic heterocycles. The molecule has 0 saturated carbocycles. The minimum Gasteiger partial charge on any atom is -0.496 e. The van der Waals surface area contributed by atoms with E-state index in [0.717, 1.165) is 38.5 Å². The van der Waals surface area contributed by atoms with Crippen LogP contribution in [0.5, 0.6) is 5.75 Å². The fraction of sp³-hybridized carbons (Fsp3) is 0.472. The van der Waals surface area contributed by atoms with E-state index in [4.69, 9.17) is 9.88 Å². The van der Waals surface area contributed by atoms with Gasteiger partial charge in [-0.2, -0.15) is 0 Å². The molecule has 2 unspecified atom stereocenters. The van der Waals surface area contributed by atoms with Crippen molar-refractivity contribution >= 4 is 50.8 Å². The summed E-state index contributed by atoms with van der Waals surface area (Å²) in [4.78, 5) is 23.8. The first kappa shape index (κ1) is 36.5. The summed E-state index contributed by atoms with van der Waals surface area (Å²) in [6, 6.07) is 20.8. The third kappa shape index (κ3) is 8.88. The van der Waals surface area contributed by atoms with Gasteiger partial charge in [-0.1, -0.05) is 37.2 Å². The quantitative estimate of drug-likeness (QED) is 0.230. The molecule has 48 heavy (non-hydrogen) atoms. The average Bonchev–Trinajstić information content (AvgIpc) is 3.56. The van der Waals surface area contributed by atoms with E-state index in [2.05, 4.69) is 82.7 Å². The number of anilines is 2. The molecule has 3 heterocycles. The Morgan fingerprint density at radius 1 is 1.00 bits per heavy atom. The second kappa shape index (κ2) is 16.8. The number of methoxy groups -OCH3 is 1. The summed E-state index contributed by atoms with van der Waals surface area (Å²) in [5.41, 5.74) is 2.92. The number of nitrogens with two attached hydrogens (primary N) is 1. The van der Waals surface area contributed by atoms with Crippen molar-refractivity contribution in [3.05, 3.63) is 66.2 Å². The molecule has 0 aliphatic carbocycles. The van der Waals surface area contributed by atoms with Crippen molar-refractivity contribution in [1.82, 2.24) is 15.1 Å². The first-order valence-electron chi connectivity index (χ1n) is 16.8. The SMILES string of the molecule is CCN1CCCC1CNC(=O)c1cc(S(N)(=O)=O)ccc1OC.CSc1ccc2c(c1)N(CCC1CCCCN1C)c1ccccc1S2. The molecule has 0 radical (unpaired) electrons. The maximum absolute atomic E-state index is 12.4. The Morgan fingerprint density at radius 3 is 2.50 bits per heavy atom. The number of carbonyl (C=O) groups is 1. The number of rotatable bonds is 10. The molecule has 0 spiro atoms. The topological polar surface area (TPSA) is 108 Å². The Kier molecular flexibility index (Phi) is 12.8. The highest BCUT2D eigenvalue weighted by atomic mass is 32.2. The molecule has 3 aromatic carbocycles. The Bertz CT molecular complexity index is 1670. The summed E-state index contributed by atoms with van der Waals surface area (Å²) in [5.74, 6) is -0.0519. The Morgan fingerprint density at radius 2 is 1.77 bits per heavy atom. The third-order valence-corrected chi connectivity index (χ3v) is 12.4. The van der Waals surface area contributed by atoms with Crippen LogP contribution in [-0.2, 0) is 10.0 Å². The van der Waals surface area contributed by atoms with Gasteiger partial charge in [0.05, 0.1) is 28.9 Å². The number of hydrogen-bond acceptors (Lipinski definition) is 9. The van der Waals surface area contributed by atoms with Crippen LogP contribution in [0, 0.1) is 0 Å². The second-order valence-corrected chi connectivity index (χ2v) is 16.0. The molecule has 1 amide bonds. The fourth-order valence-corrected chi connectivity index (χ4v) is 8.90. The number of para-hydroxylation sites is 1. The van der Waals surface area contributed by atoms with E-state index in [1.807, 2.05) is 23.5 Å². The van der Waals surface area contributed by atoms with Gasteiger partial charge in [-0.15, -0.1) is 11.8 Å². The summed E-state index contributed by atoms with van der Waals surface area (Å²) >= 11 is 3.73. The number of benzene rings is 3.